The Bertz CT molecular complexity index is 1170. The van der Waals surface area contributed by atoms with E-state index in [0.29, 0.717) is 36.2 Å². The number of pyridine rings is 1. The zero-order chi connectivity index (χ0) is 25.7. The molecule has 0 amide bonds. The summed E-state index contributed by atoms with van der Waals surface area (Å²) in [6, 6.07) is 9.99. The largest absolute Gasteiger partial charge is 0.481 e. The summed E-state index contributed by atoms with van der Waals surface area (Å²) in [7, 11) is 7.28. The van der Waals surface area contributed by atoms with Gasteiger partial charge < -0.3 is 19.5 Å². The van der Waals surface area contributed by atoms with Gasteiger partial charge in [-0.15, -0.1) is 5.10 Å². The number of aromatic nitrogens is 3. The highest BCUT2D eigenvalue weighted by Crippen LogP contribution is 2.48. The molecule has 0 radical (unpaired) electrons. The number of halogens is 1. The molecule has 0 spiro atoms. The van der Waals surface area contributed by atoms with Crippen molar-refractivity contribution in [3.8, 4) is 11.8 Å². The summed E-state index contributed by atoms with van der Waals surface area (Å²) < 4.78 is 12.2. The normalized spacial score (nSPS) is 17.2. The Morgan fingerprint density at radius 2 is 1.89 bits per heavy atom. The van der Waals surface area contributed by atoms with E-state index in [0.717, 1.165) is 27.4 Å². The third-order valence-electron chi connectivity index (χ3n) is 7.49. The minimum Gasteiger partial charge on any atom is -0.481 e. The molecule has 2 atom stereocenters. The number of hydrogen-bond donors (Lipinski definition) is 1. The first-order valence-electron chi connectivity index (χ1n) is 12.7. The number of ether oxygens (including phenoxy) is 2. The van der Waals surface area contributed by atoms with Crippen molar-refractivity contribution in [2.75, 3.05) is 34.9 Å². The average Bonchev–Trinajstić information content (AvgIpc) is 2.90. The third kappa shape index (κ3) is 5.98. The van der Waals surface area contributed by atoms with Gasteiger partial charge in [0, 0.05) is 39.5 Å². The molecule has 8 heteroatoms. The number of benzene rings is 1. The second-order valence-corrected chi connectivity index (χ2v) is 11.1. The number of rotatable bonds is 10. The zero-order valence-corrected chi connectivity index (χ0v) is 23.3. The molecule has 1 aliphatic rings. The van der Waals surface area contributed by atoms with Crippen LogP contribution in [0.15, 0.2) is 41.0 Å². The zero-order valence-electron chi connectivity index (χ0n) is 21.7. The van der Waals surface area contributed by atoms with Crippen LogP contribution in [0.1, 0.15) is 62.0 Å². The van der Waals surface area contributed by atoms with Crippen molar-refractivity contribution < 1.29 is 14.6 Å². The van der Waals surface area contributed by atoms with Crippen LogP contribution in [0, 0.1) is 5.92 Å². The van der Waals surface area contributed by atoms with Gasteiger partial charge in [-0.2, -0.15) is 5.10 Å². The molecule has 7 nitrogen and oxygen atoms in total. The van der Waals surface area contributed by atoms with Gasteiger partial charge in [0.05, 0.1) is 31.5 Å². The molecule has 1 N–H and O–H groups in total. The van der Waals surface area contributed by atoms with E-state index in [1.807, 2.05) is 32.3 Å². The van der Waals surface area contributed by atoms with Crippen LogP contribution in [0.25, 0.3) is 10.9 Å². The van der Waals surface area contributed by atoms with Crippen molar-refractivity contribution in [3.05, 3.63) is 52.1 Å². The standard InChI is InChI=1S/C28H37BrN4O3/c1-33(2)13-12-28(34,21-17-26(35-3)32-30-18-21)24(14-19-8-6-5-7-9-19)23-16-20-15-22(29)10-11-25(20)31-27(23)36-4/h10-11,15-19,24,34H,5-9,12-14H2,1-4H3. The Hall–Kier alpha value is -2.29. The van der Waals surface area contributed by atoms with Gasteiger partial charge in [0.15, 0.2) is 0 Å². The van der Waals surface area contributed by atoms with E-state index < -0.39 is 5.60 Å². The molecule has 0 aliphatic heterocycles. The second kappa shape index (κ2) is 11.8. The van der Waals surface area contributed by atoms with Crippen molar-refractivity contribution >= 4 is 26.8 Å². The minimum atomic E-state index is -1.22. The summed E-state index contributed by atoms with van der Waals surface area (Å²) in [6.45, 7) is 0.706. The lowest BCUT2D eigenvalue weighted by Crippen LogP contribution is -2.38. The summed E-state index contributed by atoms with van der Waals surface area (Å²) >= 11 is 3.60. The van der Waals surface area contributed by atoms with Crippen LogP contribution in [0.2, 0.25) is 0 Å². The van der Waals surface area contributed by atoms with Gasteiger partial charge in [-0.05, 0) is 57.1 Å². The molecular weight excluding hydrogens is 520 g/mol. The van der Waals surface area contributed by atoms with Gasteiger partial charge in [-0.3, -0.25) is 0 Å². The van der Waals surface area contributed by atoms with Gasteiger partial charge in [0.1, 0.15) is 0 Å². The summed E-state index contributed by atoms with van der Waals surface area (Å²) in [4.78, 5) is 6.97. The van der Waals surface area contributed by atoms with Crippen LogP contribution in [0.4, 0.5) is 0 Å². The van der Waals surface area contributed by atoms with Crippen LogP contribution in [-0.2, 0) is 5.60 Å². The monoisotopic (exact) mass is 556 g/mol. The van der Waals surface area contributed by atoms with Gasteiger partial charge >= 0.3 is 0 Å². The molecule has 36 heavy (non-hydrogen) atoms. The van der Waals surface area contributed by atoms with E-state index in [9.17, 15) is 5.11 Å². The molecule has 1 aliphatic carbocycles. The van der Waals surface area contributed by atoms with E-state index in [-0.39, 0.29) is 5.92 Å². The van der Waals surface area contributed by atoms with E-state index >= 15 is 0 Å². The maximum Gasteiger partial charge on any atom is 0.233 e. The molecule has 4 rings (SSSR count). The van der Waals surface area contributed by atoms with E-state index in [1.54, 1.807) is 20.4 Å². The second-order valence-electron chi connectivity index (χ2n) is 10.2. The molecular formula is C28H37BrN4O3. The molecule has 3 aromatic rings. The van der Waals surface area contributed by atoms with Gasteiger partial charge in [-0.25, -0.2) is 4.98 Å². The first-order chi connectivity index (χ1) is 17.3. The van der Waals surface area contributed by atoms with Gasteiger partial charge in [0.25, 0.3) is 0 Å². The van der Waals surface area contributed by atoms with Crippen molar-refractivity contribution in [2.45, 2.75) is 56.5 Å². The van der Waals surface area contributed by atoms with E-state index in [2.05, 4.69) is 43.2 Å². The molecule has 1 aromatic carbocycles. The summed E-state index contributed by atoms with van der Waals surface area (Å²) in [5.41, 5.74) is 1.26. The lowest BCUT2D eigenvalue weighted by Gasteiger charge is -2.40. The number of methoxy groups -OCH3 is 2. The highest BCUT2D eigenvalue weighted by Gasteiger charge is 2.43. The molecule has 1 fully saturated rings. The first-order valence-corrected chi connectivity index (χ1v) is 13.5. The van der Waals surface area contributed by atoms with Crippen LogP contribution in [0.3, 0.4) is 0 Å². The van der Waals surface area contributed by atoms with Crippen molar-refractivity contribution in [2.24, 2.45) is 5.92 Å². The van der Waals surface area contributed by atoms with Gasteiger partial charge in [-0.1, -0.05) is 48.0 Å². The number of nitrogens with zero attached hydrogens (tertiary/aromatic N) is 4. The number of hydrogen-bond acceptors (Lipinski definition) is 7. The van der Waals surface area contributed by atoms with E-state index in [4.69, 9.17) is 14.5 Å². The first kappa shape index (κ1) is 26.8. The molecule has 194 valence electrons. The Morgan fingerprint density at radius 1 is 1.11 bits per heavy atom. The quantitative estimate of drug-likeness (QED) is 0.343. The van der Waals surface area contributed by atoms with Crippen molar-refractivity contribution in [3.63, 3.8) is 0 Å². The molecule has 2 aromatic heterocycles. The summed E-state index contributed by atoms with van der Waals surface area (Å²) in [5.74, 6) is 1.22. The van der Waals surface area contributed by atoms with E-state index in [1.165, 1.54) is 32.1 Å². The maximum absolute atomic E-state index is 12.7. The summed E-state index contributed by atoms with van der Waals surface area (Å²) in [6.07, 6.45) is 9.13. The lowest BCUT2D eigenvalue weighted by atomic mass is 9.69. The molecule has 1 saturated carbocycles. The fourth-order valence-electron chi connectivity index (χ4n) is 5.49. The van der Waals surface area contributed by atoms with Crippen LogP contribution < -0.4 is 9.47 Å². The fourth-order valence-corrected chi connectivity index (χ4v) is 5.87. The molecule has 0 saturated heterocycles. The highest BCUT2D eigenvalue weighted by atomic mass is 79.9. The third-order valence-corrected chi connectivity index (χ3v) is 7.98. The maximum atomic E-state index is 12.7. The smallest absolute Gasteiger partial charge is 0.233 e. The molecule has 2 heterocycles. The molecule has 0 bridgehead atoms. The predicted molar refractivity (Wildman–Crippen MR) is 146 cm³/mol. The molecule has 2 unspecified atom stereocenters. The number of aliphatic hydroxyl groups is 1. The fraction of sp³-hybridized carbons (Fsp3) is 0.536. The Labute approximate surface area is 222 Å². The highest BCUT2D eigenvalue weighted by molar-refractivity contribution is 9.10. The predicted octanol–water partition coefficient (Wildman–Crippen LogP) is 5.70. The number of fused-ring (bicyclic) bond motifs is 1. The van der Waals surface area contributed by atoms with Crippen molar-refractivity contribution in [1.29, 1.82) is 0 Å². The average molecular weight is 558 g/mol. The topological polar surface area (TPSA) is 80.6 Å². The minimum absolute atomic E-state index is 0.250. The Morgan fingerprint density at radius 3 is 2.58 bits per heavy atom. The Kier molecular flexibility index (Phi) is 8.80. The van der Waals surface area contributed by atoms with Gasteiger partial charge in [0.2, 0.25) is 11.8 Å². The lowest BCUT2D eigenvalue weighted by molar-refractivity contribution is -0.0174. The SMILES string of the molecule is COc1cc(C(O)(CCN(C)C)C(CC2CCCCC2)c2cc3cc(Br)ccc3nc2OC)cnn1. The van der Waals surface area contributed by atoms with Crippen LogP contribution in [0.5, 0.6) is 11.8 Å². The van der Waals surface area contributed by atoms with Crippen molar-refractivity contribution in [1.82, 2.24) is 20.1 Å². The Balaban J connectivity index is 1.91. The van der Waals surface area contributed by atoms with Crippen LogP contribution >= 0.6 is 15.9 Å². The van der Waals surface area contributed by atoms with Crippen LogP contribution in [-0.4, -0.2) is 60.0 Å². The summed E-state index contributed by atoms with van der Waals surface area (Å²) in [5, 5.41) is 21.9.